The molecule has 4 N–H and O–H groups in total. The molecule has 0 saturated carbocycles. The number of carboxylic acid groups (broad SMARTS) is 1. The highest BCUT2D eigenvalue weighted by atomic mass is 16.4. The summed E-state index contributed by atoms with van der Waals surface area (Å²) in [6.07, 6.45) is 0.845. The van der Waals surface area contributed by atoms with E-state index in [1.807, 2.05) is 18.2 Å². The van der Waals surface area contributed by atoms with Crippen LogP contribution in [0, 0.1) is 5.92 Å². The largest absolute Gasteiger partial charge is 0.481 e. The van der Waals surface area contributed by atoms with Gasteiger partial charge in [-0.15, -0.1) is 0 Å². The number of rotatable bonds is 6. The van der Waals surface area contributed by atoms with Gasteiger partial charge in [0.2, 0.25) is 5.91 Å². The Balaban J connectivity index is 2.44. The van der Waals surface area contributed by atoms with Crippen molar-refractivity contribution in [3.63, 3.8) is 0 Å². The van der Waals surface area contributed by atoms with Crippen LogP contribution in [0.25, 0.3) is 0 Å². The van der Waals surface area contributed by atoms with E-state index in [1.165, 1.54) is 0 Å². The van der Waals surface area contributed by atoms with Gasteiger partial charge in [-0.1, -0.05) is 18.2 Å². The number of nitrogens with one attached hydrogen (secondary N) is 1. The lowest BCUT2D eigenvalue weighted by Gasteiger charge is -2.17. The highest BCUT2D eigenvalue weighted by Gasteiger charge is 2.20. The normalized spacial score (nSPS) is 13.6. The molecule has 1 aromatic rings. The Hall–Kier alpha value is -2.04. The molecule has 0 radical (unpaired) electrons. The molecule has 0 saturated heterocycles. The van der Waals surface area contributed by atoms with Gasteiger partial charge in [0.25, 0.3) is 0 Å². The summed E-state index contributed by atoms with van der Waals surface area (Å²) in [4.78, 5) is 22.5. The van der Waals surface area contributed by atoms with Gasteiger partial charge in [-0.3, -0.25) is 9.59 Å². The second-order valence-electron chi connectivity index (χ2n) is 4.68. The fraction of sp³-hybridized carbons (Fsp3) is 0.429. The van der Waals surface area contributed by atoms with Crippen LogP contribution in [0.4, 0.5) is 5.69 Å². The number of para-hydroxylation sites is 1. The van der Waals surface area contributed by atoms with Crippen molar-refractivity contribution < 1.29 is 14.7 Å². The van der Waals surface area contributed by atoms with Gasteiger partial charge < -0.3 is 16.2 Å². The van der Waals surface area contributed by atoms with Crippen molar-refractivity contribution in [1.82, 2.24) is 5.32 Å². The smallest absolute Gasteiger partial charge is 0.308 e. The van der Waals surface area contributed by atoms with Crippen LogP contribution in [0.2, 0.25) is 0 Å². The third kappa shape index (κ3) is 4.62. The predicted octanol–water partition coefficient (Wildman–Crippen LogP) is 1.43. The van der Waals surface area contributed by atoms with Crippen LogP contribution in [0.1, 0.15) is 25.8 Å². The quantitative estimate of drug-likeness (QED) is 0.678. The average Bonchev–Trinajstić information content (AvgIpc) is 2.36. The summed E-state index contributed by atoms with van der Waals surface area (Å²) in [6, 6.07) is 7.00. The van der Waals surface area contributed by atoms with Crippen molar-refractivity contribution in [2.75, 3.05) is 5.73 Å². The SMILES string of the molecule is CC(NC(=O)CCc1ccccc1N)C(C)C(=O)O. The number of hydrogen-bond acceptors (Lipinski definition) is 3. The fourth-order valence-corrected chi connectivity index (χ4v) is 1.68. The molecule has 104 valence electrons. The summed E-state index contributed by atoms with van der Waals surface area (Å²) in [6.45, 7) is 3.26. The van der Waals surface area contributed by atoms with Crippen molar-refractivity contribution in [3.05, 3.63) is 29.8 Å². The second-order valence-corrected chi connectivity index (χ2v) is 4.68. The molecule has 5 heteroatoms. The van der Waals surface area contributed by atoms with Crippen molar-refractivity contribution in [2.45, 2.75) is 32.7 Å². The molecule has 19 heavy (non-hydrogen) atoms. The van der Waals surface area contributed by atoms with Gasteiger partial charge in [0.1, 0.15) is 0 Å². The van der Waals surface area contributed by atoms with Crippen LogP contribution < -0.4 is 11.1 Å². The molecule has 0 fully saturated rings. The minimum absolute atomic E-state index is 0.163. The molecule has 5 nitrogen and oxygen atoms in total. The van der Waals surface area contributed by atoms with Crippen LogP contribution in [-0.2, 0) is 16.0 Å². The lowest BCUT2D eigenvalue weighted by molar-refractivity contribution is -0.142. The van der Waals surface area contributed by atoms with E-state index in [0.29, 0.717) is 18.5 Å². The van der Waals surface area contributed by atoms with Crippen LogP contribution in [0.3, 0.4) is 0 Å². The maximum atomic E-state index is 11.7. The minimum Gasteiger partial charge on any atom is -0.481 e. The predicted molar refractivity (Wildman–Crippen MR) is 73.6 cm³/mol. The van der Waals surface area contributed by atoms with E-state index in [1.54, 1.807) is 19.9 Å². The molecule has 2 unspecified atom stereocenters. The molecule has 0 aromatic heterocycles. The van der Waals surface area contributed by atoms with E-state index in [9.17, 15) is 9.59 Å². The lowest BCUT2D eigenvalue weighted by atomic mass is 10.0. The molecule has 0 aliphatic rings. The number of hydrogen-bond donors (Lipinski definition) is 3. The number of anilines is 1. The third-order valence-electron chi connectivity index (χ3n) is 3.20. The maximum absolute atomic E-state index is 11.7. The number of nitrogen functional groups attached to an aromatic ring is 1. The molecule has 0 aliphatic carbocycles. The van der Waals surface area contributed by atoms with E-state index >= 15 is 0 Å². The van der Waals surface area contributed by atoms with Crippen molar-refractivity contribution in [1.29, 1.82) is 0 Å². The maximum Gasteiger partial charge on any atom is 0.308 e. The molecular formula is C14H20N2O3. The fourth-order valence-electron chi connectivity index (χ4n) is 1.68. The Labute approximate surface area is 112 Å². The monoisotopic (exact) mass is 264 g/mol. The Morgan fingerprint density at radius 3 is 2.53 bits per heavy atom. The van der Waals surface area contributed by atoms with Gasteiger partial charge in [0.15, 0.2) is 0 Å². The number of carbonyl (C=O) groups excluding carboxylic acids is 1. The zero-order valence-corrected chi connectivity index (χ0v) is 11.2. The summed E-state index contributed by atoms with van der Waals surface area (Å²) in [5.41, 5.74) is 7.38. The lowest BCUT2D eigenvalue weighted by Crippen LogP contribution is -2.40. The zero-order chi connectivity index (χ0) is 14.4. The van der Waals surface area contributed by atoms with E-state index in [-0.39, 0.29) is 5.91 Å². The molecule has 0 heterocycles. The van der Waals surface area contributed by atoms with Gasteiger partial charge in [0.05, 0.1) is 5.92 Å². The van der Waals surface area contributed by atoms with Gasteiger partial charge in [0, 0.05) is 18.2 Å². The standard InChI is InChI=1S/C14H20N2O3/c1-9(14(18)19)10(2)16-13(17)8-7-11-5-3-4-6-12(11)15/h3-6,9-10H,7-8,15H2,1-2H3,(H,16,17)(H,18,19). The molecule has 1 aromatic carbocycles. The van der Waals surface area contributed by atoms with Crippen molar-refractivity contribution in [3.8, 4) is 0 Å². The molecule has 2 atom stereocenters. The van der Waals surface area contributed by atoms with Crippen LogP contribution in [0.15, 0.2) is 24.3 Å². The first kappa shape index (κ1) is 15.0. The van der Waals surface area contributed by atoms with Gasteiger partial charge in [-0.05, 0) is 31.9 Å². The van der Waals surface area contributed by atoms with Gasteiger partial charge in [-0.25, -0.2) is 0 Å². The highest BCUT2D eigenvalue weighted by Crippen LogP contribution is 2.12. The summed E-state index contributed by atoms with van der Waals surface area (Å²) in [5.74, 6) is -1.69. The summed E-state index contributed by atoms with van der Waals surface area (Å²) < 4.78 is 0. The molecule has 0 aliphatic heterocycles. The molecular weight excluding hydrogens is 244 g/mol. The second kappa shape index (κ2) is 6.78. The van der Waals surface area contributed by atoms with Crippen molar-refractivity contribution in [2.24, 2.45) is 5.92 Å². The van der Waals surface area contributed by atoms with Gasteiger partial charge in [-0.2, -0.15) is 0 Å². The third-order valence-corrected chi connectivity index (χ3v) is 3.20. The van der Waals surface area contributed by atoms with Crippen LogP contribution in [0.5, 0.6) is 0 Å². The minimum atomic E-state index is -0.917. The Bertz CT molecular complexity index is 460. The van der Waals surface area contributed by atoms with E-state index < -0.39 is 17.9 Å². The van der Waals surface area contributed by atoms with E-state index in [4.69, 9.17) is 10.8 Å². The number of aryl methyl sites for hydroxylation is 1. The highest BCUT2D eigenvalue weighted by molar-refractivity contribution is 5.78. The molecule has 0 bridgehead atoms. The summed E-state index contributed by atoms with van der Waals surface area (Å²) >= 11 is 0. The Morgan fingerprint density at radius 2 is 1.95 bits per heavy atom. The van der Waals surface area contributed by atoms with E-state index in [2.05, 4.69) is 5.32 Å². The van der Waals surface area contributed by atoms with Gasteiger partial charge >= 0.3 is 5.97 Å². The van der Waals surface area contributed by atoms with Crippen molar-refractivity contribution >= 4 is 17.6 Å². The van der Waals surface area contributed by atoms with Crippen LogP contribution >= 0.6 is 0 Å². The number of carbonyl (C=O) groups is 2. The average molecular weight is 264 g/mol. The topological polar surface area (TPSA) is 92.4 Å². The zero-order valence-electron chi connectivity index (χ0n) is 11.2. The number of nitrogens with two attached hydrogens (primary N) is 1. The molecule has 0 spiro atoms. The first-order valence-corrected chi connectivity index (χ1v) is 6.27. The number of carboxylic acids is 1. The Kier molecular flexibility index (Phi) is 5.36. The Morgan fingerprint density at radius 1 is 1.32 bits per heavy atom. The van der Waals surface area contributed by atoms with Crippen LogP contribution in [-0.4, -0.2) is 23.0 Å². The number of amides is 1. The molecule has 1 amide bonds. The summed E-state index contributed by atoms with van der Waals surface area (Å²) in [7, 11) is 0. The first-order valence-electron chi connectivity index (χ1n) is 6.27. The number of benzene rings is 1. The summed E-state index contributed by atoms with van der Waals surface area (Å²) in [5, 5.41) is 11.5. The van der Waals surface area contributed by atoms with E-state index in [0.717, 1.165) is 5.56 Å². The first-order chi connectivity index (χ1) is 8.91. The molecule has 1 rings (SSSR count). The number of aliphatic carboxylic acids is 1.